The first kappa shape index (κ1) is 19.6. The van der Waals surface area contributed by atoms with Crippen LogP contribution >= 0.6 is 0 Å². The summed E-state index contributed by atoms with van der Waals surface area (Å²) in [5, 5.41) is 0. The van der Waals surface area contributed by atoms with Crippen LogP contribution in [0.2, 0.25) is 0 Å². The van der Waals surface area contributed by atoms with Gasteiger partial charge in [0.05, 0.1) is 11.5 Å². The Balaban J connectivity index is 1.90. The highest BCUT2D eigenvalue weighted by Crippen LogP contribution is 2.19. The van der Waals surface area contributed by atoms with Crippen molar-refractivity contribution in [2.75, 3.05) is 18.1 Å². The molecule has 138 valence electrons. The van der Waals surface area contributed by atoms with E-state index in [1.54, 1.807) is 4.90 Å². The van der Waals surface area contributed by atoms with Gasteiger partial charge in [-0.15, -0.1) is 0 Å². The second-order valence-electron chi connectivity index (χ2n) is 6.61. The van der Waals surface area contributed by atoms with Crippen LogP contribution in [0.1, 0.15) is 55.5 Å². The minimum atomic E-state index is -3.03. The minimum Gasteiger partial charge on any atom is -0.339 e. The summed E-state index contributed by atoms with van der Waals surface area (Å²) in [4.78, 5) is 26.3. The predicted molar refractivity (Wildman–Crippen MR) is 98.4 cm³/mol. The van der Waals surface area contributed by atoms with Crippen LogP contribution in [-0.2, 0) is 21.1 Å². The molecule has 1 aromatic carbocycles. The predicted octanol–water partition coefficient (Wildman–Crippen LogP) is 2.64. The number of sulfone groups is 1. The van der Waals surface area contributed by atoms with Gasteiger partial charge in [0.2, 0.25) is 5.91 Å². The molecule has 6 heteroatoms. The first-order valence-electron chi connectivity index (χ1n) is 8.98. The van der Waals surface area contributed by atoms with E-state index in [9.17, 15) is 18.0 Å². The van der Waals surface area contributed by atoms with Crippen LogP contribution in [0.5, 0.6) is 0 Å². The van der Waals surface area contributed by atoms with E-state index in [2.05, 4.69) is 6.92 Å². The number of aryl methyl sites for hydroxylation is 1. The summed E-state index contributed by atoms with van der Waals surface area (Å²) in [7, 11) is -3.03. The summed E-state index contributed by atoms with van der Waals surface area (Å²) in [5.74, 6) is -0.00349. The van der Waals surface area contributed by atoms with Crippen molar-refractivity contribution in [3.63, 3.8) is 0 Å². The summed E-state index contributed by atoms with van der Waals surface area (Å²) in [6.45, 7) is 4.43. The normalized spacial score (nSPS) is 18.9. The molecular formula is C19H27NO4S. The average Bonchev–Trinajstić information content (AvgIpc) is 2.94. The van der Waals surface area contributed by atoms with Crippen molar-refractivity contribution in [2.45, 2.75) is 52.0 Å². The molecule has 5 nitrogen and oxygen atoms in total. The Hall–Kier alpha value is -1.69. The standard InChI is InChI=1S/C19H27NO4S/c1-3-5-15-6-8-16(9-7-15)18(21)10-11-19(22)20(4-2)17-12-13-25(23,24)14-17/h6-9,17H,3-5,10-14H2,1-2H3. The maximum Gasteiger partial charge on any atom is 0.223 e. The zero-order chi connectivity index (χ0) is 18.4. The van der Waals surface area contributed by atoms with Gasteiger partial charge in [-0.05, 0) is 25.3 Å². The molecule has 0 saturated carbocycles. The summed E-state index contributed by atoms with van der Waals surface area (Å²) in [5.41, 5.74) is 1.83. The van der Waals surface area contributed by atoms with Crippen LogP contribution in [-0.4, -0.2) is 49.1 Å². The number of amides is 1. The molecule has 0 aliphatic carbocycles. The number of carbonyl (C=O) groups is 2. The molecule has 1 fully saturated rings. The topological polar surface area (TPSA) is 71.5 Å². The maximum absolute atomic E-state index is 12.4. The largest absolute Gasteiger partial charge is 0.339 e. The molecule has 25 heavy (non-hydrogen) atoms. The lowest BCUT2D eigenvalue weighted by atomic mass is 10.0. The van der Waals surface area contributed by atoms with Gasteiger partial charge in [0.25, 0.3) is 0 Å². The lowest BCUT2D eigenvalue weighted by Gasteiger charge is -2.26. The lowest BCUT2D eigenvalue weighted by molar-refractivity contribution is -0.132. The monoisotopic (exact) mass is 365 g/mol. The van der Waals surface area contributed by atoms with Gasteiger partial charge in [-0.3, -0.25) is 9.59 Å². The third-order valence-electron chi connectivity index (χ3n) is 4.69. The highest BCUT2D eigenvalue weighted by molar-refractivity contribution is 7.91. The third-order valence-corrected chi connectivity index (χ3v) is 6.44. The van der Waals surface area contributed by atoms with Gasteiger partial charge >= 0.3 is 0 Å². The molecule has 0 aromatic heterocycles. The number of carbonyl (C=O) groups excluding carboxylic acids is 2. The molecule has 1 aromatic rings. The van der Waals surface area contributed by atoms with E-state index in [-0.39, 0.29) is 42.1 Å². The maximum atomic E-state index is 12.4. The van der Waals surface area contributed by atoms with Gasteiger partial charge in [-0.25, -0.2) is 8.42 Å². The summed E-state index contributed by atoms with van der Waals surface area (Å²) in [6, 6.07) is 7.31. The number of ketones is 1. The van der Waals surface area contributed by atoms with Crippen molar-refractivity contribution < 1.29 is 18.0 Å². The van der Waals surface area contributed by atoms with Gasteiger partial charge < -0.3 is 4.90 Å². The summed E-state index contributed by atoms with van der Waals surface area (Å²) in [6.07, 6.45) is 2.82. The van der Waals surface area contributed by atoms with E-state index in [1.807, 2.05) is 31.2 Å². The molecule has 1 amide bonds. The van der Waals surface area contributed by atoms with Gasteiger partial charge in [0, 0.05) is 31.0 Å². The molecule has 0 N–H and O–H groups in total. The van der Waals surface area contributed by atoms with Crippen molar-refractivity contribution in [1.29, 1.82) is 0 Å². The number of hydrogen-bond acceptors (Lipinski definition) is 4. The fraction of sp³-hybridized carbons (Fsp3) is 0.579. The molecule has 2 rings (SSSR count). The molecular weight excluding hydrogens is 338 g/mol. The van der Waals surface area contributed by atoms with E-state index >= 15 is 0 Å². The van der Waals surface area contributed by atoms with Crippen molar-refractivity contribution in [3.8, 4) is 0 Å². The Morgan fingerprint density at radius 1 is 1.12 bits per heavy atom. The average molecular weight is 365 g/mol. The Morgan fingerprint density at radius 3 is 2.32 bits per heavy atom. The Kier molecular flexibility index (Phi) is 6.76. The van der Waals surface area contributed by atoms with Crippen LogP contribution in [0.25, 0.3) is 0 Å². The van der Waals surface area contributed by atoms with Crippen molar-refractivity contribution >= 4 is 21.5 Å². The molecule has 0 radical (unpaired) electrons. The smallest absolute Gasteiger partial charge is 0.223 e. The van der Waals surface area contributed by atoms with Gasteiger partial charge in [0.1, 0.15) is 0 Å². The van der Waals surface area contributed by atoms with E-state index in [1.165, 1.54) is 5.56 Å². The lowest BCUT2D eigenvalue weighted by Crippen LogP contribution is -2.41. The molecule has 0 bridgehead atoms. The SMILES string of the molecule is CCCc1ccc(C(=O)CCC(=O)N(CC)C2CCS(=O)(=O)C2)cc1. The zero-order valence-electron chi connectivity index (χ0n) is 15.0. The molecule has 1 aliphatic rings. The number of benzene rings is 1. The molecule has 0 spiro atoms. The first-order valence-corrected chi connectivity index (χ1v) is 10.8. The van der Waals surface area contributed by atoms with Crippen LogP contribution in [0.4, 0.5) is 0 Å². The fourth-order valence-electron chi connectivity index (χ4n) is 3.31. The van der Waals surface area contributed by atoms with E-state index in [0.29, 0.717) is 18.5 Å². The molecule has 1 aliphatic heterocycles. The number of rotatable bonds is 8. The highest BCUT2D eigenvalue weighted by atomic mass is 32.2. The minimum absolute atomic E-state index is 0.0411. The van der Waals surface area contributed by atoms with Crippen LogP contribution in [0, 0.1) is 0 Å². The molecule has 1 heterocycles. The van der Waals surface area contributed by atoms with Crippen LogP contribution in [0.3, 0.4) is 0 Å². The Morgan fingerprint density at radius 2 is 1.80 bits per heavy atom. The quantitative estimate of drug-likeness (QED) is 0.664. The van der Waals surface area contributed by atoms with Gasteiger partial charge in [0.15, 0.2) is 15.6 Å². The molecule has 1 saturated heterocycles. The van der Waals surface area contributed by atoms with Crippen molar-refractivity contribution in [3.05, 3.63) is 35.4 Å². The molecule has 1 atom stereocenters. The van der Waals surface area contributed by atoms with Crippen molar-refractivity contribution in [1.82, 2.24) is 4.90 Å². The Labute approximate surface area is 150 Å². The third kappa shape index (κ3) is 5.39. The van der Waals surface area contributed by atoms with E-state index < -0.39 is 9.84 Å². The zero-order valence-corrected chi connectivity index (χ0v) is 15.8. The van der Waals surface area contributed by atoms with Crippen LogP contribution < -0.4 is 0 Å². The fourth-order valence-corrected chi connectivity index (χ4v) is 5.04. The van der Waals surface area contributed by atoms with Crippen molar-refractivity contribution in [2.24, 2.45) is 0 Å². The van der Waals surface area contributed by atoms with Gasteiger partial charge in [-0.2, -0.15) is 0 Å². The second kappa shape index (κ2) is 8.61. The first-order chi connectivity index (χ1) is 11.9. The highest BCUT2D eigenvalue weighted by Gasteiger charge is 2.33. The van der Waals surface area contributed by atoms with E-state index in [4.69, 9.17) is 0 Å². The summed E-state index contributed by atoms with van der Waals surface area (Å²) >= 11 is 0. The molecule has 1 unspecified atom stereocenters. The van der Waals surface area contributed by atoms with E-state index in [0.717, 1.165) is 12.8 Å². The number of Topliss-reactive ketones (excluding diaryl/α,β-unsaturated/α-hetero) is 1. The second-order valence-corrected chi connectivity index (χ2v) is 8.84. The Bertz CT molecular complexity index is 709. The number of nitrogens with zero attached hydrogens (tertiary/aromatic N) is 1. The van der Waals surface area contributed by atoms with Gasteiger partial charge in [-0.1, -0.05) is 37.6 Å². The summed E-state index contributed by atoms with van der Waals surface area (Å²) < 4.78 is 23.2. The van der Waals surface area contributed by atoms with Crippen LogP contribution in [0.15, 0.2) is 24.3 Å². The number of hydrogen-bond donors (Lipinski definition) is 0.